The Labute approximate surface area is 193 Å². The van der Waals surface area contributed by atoms with Gasteiger partial charge in [-0.05, 0) is 36.1 Å². The minimum atomic E-state index is 0.754. The molecule has 0 spiro atoms. The fourth-order valence-corrected chi connectivity index (χ4v) is 5.18. The molecule has 3 aromatic carbocycles. The minimum Gasteiger partial charge on any atom is -0.383 e. The van der Waals surface area contributed by atoms with E-state index in [-0.39, 0.29) is 0 Å². The zero-order valence-corrected chi connectivity index (χ0v) is 19.4. The van der Waals surface area contributed by atoms with E-state index in [9.17, 15) is 0 Å². The van der Waals surface area contributed by atoms with Crippen molar-refractivity contribution < 1.29 is 0 Å². The molecule has 0 aliphatic carbocycles. The number of nitrogens with zero attached hydrogens (tertiary/aromatic N) is 2. The molecule has 0 bridgehead atoms. The van der Waals surface area contributed by atoms with Crippen molar-refractivity contribution in [3.8, 4) is 11.1 Å². The Kier molecular flexibility index (Phi) is 5.57. The van der Waals surface area contributed by atoms with Crippen LogP contribution in [0.25, 0.3) is 32.1 Å². The third-order valence-corrected chi connectivity index (χ3v) is 6.86. The molecule has 0 fully saturated rings. The number of anilines is 2. The maximum atomic E-state index is 4.57. The number of aryl methyl sites for hydroxylation is 1. The standard InChI is InChI=1S/C25H21BrN4S/c1-16-22(18-9-11-19(26)12-10-18)23-24(29-15-30-25(23)31-16)28-14-13-27-21-8-4-6-17-5-2-3-7-20(17)21/h2-12,15,27H,13-14H2,1H3,(H,28,29,30). The molecule has 5 rings (SSSR count). The van der Waals surface area contributed by atoms with Crippen molar-refractivity contribution in [2.24, 2.45) is 0 Å². The maximum absolute atomic E-state index is 4.57. The average molecular weight is 489 g/mol. The Morgan fingerprint density at radius 3 is 2.52 bits per heavy atom. The summed E-state index contributed by atoms with van der Waals surface area (Å²) in [6.45, 7) is 3.69. The molecule has 0 saturated heterocycles. The fraction of sp³-hybridized carbons (Fsp3) is 0.120. The highest BCUT2D eigenvalue weighted by Gasteiger charge is 2.16. The second-order valence-electron chi connectivity index (χ2n) is 7.32. The van der Waals surface area contributed by atoms with Gasteiger partial charge in [0.15, 0.2) is 0 Å². The quantitative estimate of drug-likeness (QED) is 0.250. The molecule has 2 heterocycles. The van der Waals surface area contributed by atoms with Gasteiger partial charge in [-0.15, -0.1) is 11.3 Å². The lowest BCUT2D eigenvalue weighted by atomic mass is 10.0. The highest BCUT2D eigenvalue weighted by atomic mass is 79.9. The van der Waals surface area contributed by atoms with Gasteiger partial charge in [0.25, 0.3) is 0 Å². The van der Waals surface area contributed by atoms with E-state index in [1.54, 1.807) is 17.7 Å². The monoisotopic (exact) mass is 488 g/mol. The van der Waals surface area contributed by atoms with E-state index in [2.05, 4.69) is 110 Å². The number of nitrogens with one attached hydrogen (secondary N) is 2. The molecule has 2 aromatic heterocycles. The number of hydrogen-bond donors (Lipinski definition) is 2. The fourth-order valence-electron chi connectivity index (χ4n) is 3.90. The van der Waals surface area contributed by atoms with Crippen LogP contribution in [-0.2, 0) is 0 Å². The van der Waals surface area contributed by atoms with Crippen LogP contribution in [0.4, 0.5) is 11.5 Å². The van der Waals surface area contributed by atoms with Crippen molar-refractivity contribution in [1.29, 1.82) is 0 Å². The second-order valence-corrected chi connectivity index (χ2v) is 9.44. The summed E-state index contributed by atoms with van der Waals surface area (Å²) in [5.41, 5.74) is 3.53. The number of thiophene rings is 1. The van der Waals surface area contributed by atoms with Crippen LogP contribution in [0.1, 0.15) is 4.88 Å². The SMILES string of the molecule is Cc1sc2ncnc(NCCNc3cccc4ccccc34)c2c1-c1ccc(Br)cc1. The highest BCUT2D eigenvalue weighted by Crippen LogP contribution is 2.40. The van der Waals surface area contributed by atoms with E-state index in [0.29, 0.717) is 0 Å². The van der Waals surface area contributed by atoms with Gasteiger partial charge < -0.3 is 10.6 Å². The molecule has 6 heteroatoms. The lowest BCUT2D eigenvalue weighted by molar-refractivity contribution is 1.06. The van der Waals surface area contributed by atoms with Gasteiger partial charge >= 0.3 is 0 Å². The first-order chi connectivity index (χ1) is 15.2. The van der Waals surface area contributed by atoms with Crippen LogP contribution >= 0.6 is 27.3 Å². The molecule has 2 N–H and O–H groups in total. The van der Waals surface area contributed by atoms with E-state index in [1.165, 1.54) is 26.8 Å². The van der Waals surface area contributed by atoms with Gasteiger partial charge in [-0.1, -0.05) is 64.5 Å². The molecule has 4 nitrogen and oxygen atoms in total. The Bertz CT molecular complexity index is 1360. The van der Waals surface area contributed by atoms with E-state index < -0.39 is 0 Å². The lowest BCUT2D eigenvalue weighted by Gasteiger charge is -2.12. The topological polar surface area (TPSA) is 49.8 Å². The van der Waals surface area contributed by atoms with Crippen LogP contribution in [0.15, 0.2) is 77.5 Å². The Morgan fingerprint density at radius 2 is 1.65 bits per heavy atom. The summed E-state index contributed by atoms with van der Waals surface area (Å²) >= 11 is 5.24. The zero-order valence-electron chi connectivity index (χ0n) is 17.0. The number of rotatable bonds is 6. The number of fused-ring (bicyclic) bond motifs is 2. The molecule has 0 radical (unpaired) electrons. The van der Waals surface area contributed by atoms with Gasteiger partial charge in [0.1, 0.15) is 17.0 Å². The first-order valence-electron chi connectivity index (χ1n) is 10.2. The van der Waals surface area contributed by atoms with Gasteiger partial charge in [-0.2, -0.15) is 0 Å². The highest BCUT2D eigenvalue weighted by molar-refractivity contribution is 9.10. The molecular formula is C25H21BrN4S. The third kappa shape index (κ3) is 4.01. The summed E-state index contributed by atoms with van der Waals surface area (Å²) in [4.78, 5) is 11.3. The Hall–Kier alpha value is -2.96. The molecule has 0 saturated carbocycles. The minimum absolute atomic E-state index is 0.754. The summed E-state index contributed by atoms with van der Waals surface area (Å²) in [5, 5.41) is 10.7. The number of hydrogen-bond acceptors (Lipinski definition) is 5. The van der Waals surface area contributed by atoms with Crippen molar-refractivity contribution in [1.82, 2.24) is 9.97 Å². The summed E-state index contributed by atoms with van der Waals surface area (Å²) in [7, 11) is 0. The molecule has 0 aliphatic heterocycles. The molecule has 31 heavy (non-hydrogen) atoms. The largest absolute Gasteiger partial charge is 0.383 e. The van der Waals surface area contributed by atoms with Crippen molar-refractivity contribution in [2.45, 2.75) is 6.92 Å². The molecule has 0 aliphatic rings. The molecule has 0 atom stereocenters. The predicted molar refractivity (Wildman–Crippen MR) is 136 cm³/mol. The summed E-state index contributed by atoms with van der Waals surface area (Å²) < 4.78 is 1.07. The number of aromatic nitrogens is 2. The average Bonchev–Trinajstić information content (AvgIpc) is 3.14. The van der Waals surface area contributed by atoms with Crippen molar-refractivity contribution >= 4 is 59.8 Å². The van der Waals surface area contributed by atoms with Crippen LogP contribution in [-0.4, -0.2) is 23.1 Å². The first-order valence-corrected chi connectivity index (χ1v) is 11.8. The van der Waals surface area contributed by atoms with E-state index >= 15 is 0 Å². The summed E-state index contributed by atoms with van der Waals surface area (Å²) in [5.74, 6) is 0.881. The van der Waals surface area contributed by atoms with E-state index in [4.69, 9.17) is 0 Å². The van der Waals surface area contributed by atoms with E-state index in [1.807, 2.05) is 0 Å². The molecule has 5 aromatic rings. The molecule has 0 unspecified atom stereocenters. The summed E-state index contributed by atoms with van der Waals surface area (Å²) in [6.07, 6.45) is 1.64. The smallest absolute Gasteiger partial charge is 0.138 e. The Morgan fingerprint density at radius 1 is 0.871 bits per heavy atom. The van der Waals surface area contributed by atoms with Crippen LogP contribution in [0.5, 0.6) is 0 Å². The van der Waals surface area contributed by atoms with Crippen LogP contribution < -0.4 is 10.6 Å². The van der Waals surface area contributed by atoms with Gasteiger partial charge in [0, 0.05) is 39.1 Å². The summed E-state index contributed by atoms with van der Waals surface area (Å²) in [6, 6.07) is 23.2. The zero-order chi connectivity index (χ0) is 21.2. The third-order valence-electron chi connectivity index (χ3n) is 5.32. The normalized spacial score (nSPS) is 11.2. The Balaban J connectivity index is 1.38. The van der Waals surface area contributed by atoms with Crippen molar-refractivity contribution in [3.63, 3.8) is 0 Å². The molecular weight excluding hydrogens is 468 g/mol. The number of halogens is 1. The van der Waals surface area contributed by atoms with Crippen LogP contribution in [0.3, 0.4) is 0 Å². The van der Waals surface area contributed by atoms with Crippen molar-refractivity contribution in [2.75, 3.05) is 23.7 Å². The second kappa shape index (κ2) is 8.65. The lowest BCUT2D eigenvalue weighted by Crippen LogP contribution is -2.14. The maximum Gasteiger partial charge on any atom is 0.138 e. The predicted octanol–water partition coefficient (Wildman–Crippen LogP) is 7.11. The van der Waals surface area contributed by atoms with Gasteiger partial charge in [0.2, 0.25) is 0 Å². The van der Waals surface area contributed by atoms with Gasteiger partial charge in [-0.3, -0.25) is 0 Å². The van der Waals surface area contributed by atoms with Crippen LogP contribution in [0, 0.1) is 6.92 Å². The van der Waals surface area contributed by atoms with Gasteiger partial charge in [-0.25, -0.2) is 9.97 Å². The van der Waals surface area contributed by atoms with Crippen molar-refractivity contribution in [3.05, 3.63) is 82.4 Å². The van der Waals surface area contributed by atoms with Crippen LogP contribution in [0.2, 0.25) is 0 Å². The van der Waals surface area contributed by atoms with Gasteiger partial charge in [0.05, 0.1) is 5.39 Å². The molecule has 0 amide bonds. The van der Waals surface area contributed by atoms with E-state index in [0.717, 1.165) is 39.3 Å². The molecule has 154 valence electrons. The number of benzene rings is 3. The first kappa shape index (κ1) is 20.0.